The van der Waals surface area contributed by atoms with Gasteiger partial charge in [-0.15, -0.1) is 0 Å². The van der Waals surface area contributed by atoms with Gasteiger partial charge in [-0.1, -0.05) is 52.8 Å². The number of aliphatic hydroxyl groups excluding tert-OH is 1. The predicted molar refractivity (Wildman–Crippen MR) is 245 cm³/mol. The van der Waals surface area contributed by atoms with Crippen LogP contribution in [-0.4, -0.2) is 103 Å². The molecule has 1 amide bonds. The van der Waals surface area contributed by atoms with Crippen LogP contribution in [0.15, 0.2) is 57.5 Å². The molecule has 9 atom stereocenters. The maximum Gasteiger partial charge on any atom is 0.312 e. The number of allylic oxidation sites excluding steroid dienone is 2. The van der Waals surface area contributed by atoms with Crippen molar-refractivity contribution in [2.45, 2.75) is 86.4 Å². The van der Waals surface area contributed by atoms with Gasteiger partial charge in [0.05, 0.1) is 36.5 Å². The summed E-state index contributed by atoms with van der Waals surface area (Å²) in [5, 5.41) is 25.7. The molecule has 0 aromatic heterocycles. The Kier molecular flexibility index (Phi) is 14.4. The molecule has 3 heterocycles. The van der Waals surface area contributed by atoms with Gasteiger partial charge in [0.1, 0.15) is 46.9 Å². The average Bonchev–Trinajstić information content (AvgIpc) is 3.53. The molecule has 4 aliphatic rings. The molecular formula is C49H61N3O13. The lowest BCUT2D eigenvalue weighted by molar-refractivity contribution is -0.157. The topological polar surface area (TPSA) is 205 Å². The van der Waals surface area contributed by atoms with Crippen molar-refractivity contribution in [3.05, 3.63) is 69.6 Å². The zero-order valence-electron chi connectivity index (χ0n) is 39.4. The number of esters is 1. The second kappa shape index (κ2) is 19.2. The molecule has 3 aliphatic heterocycles. The number of benzene rings is 3. The molecule has 4 bridgehead atoms. The molecule has 3 N–H and O–H groups in total. The number of aromatic hydroxyl groups is 1. The molecular weight excluding hydrogens is 839 g/mol. The first-order valence-corrected chi connectivity index (χ1v) is 21.7. The zero-order chi connectivity index (χ0) is 47.8. The van der Waals surface area contributed by atoms with Gasteiger partial charge in [-0.3, -0.25) is 19.2 Å². The van der Waals surface area contributed by atoms with Gasteiger partial charge < -0.3 is 53.3 Å². The number of aliphatic hydroxyl groups is 1. The van der Waals surface area contributed by atoms with E-state index in [0.29, 0.717) is 18.9 Å². The number of carbonyl (C=O) groups is 3. The fourth-order valence-electron chi connectivity index (χ4n) is 8.65. The summed E-state index contributed by atoms with van der Waals surface area (Å²) in [6, 6.07) is 3.21. The average molecular weight is 900 g/mol. The number of nitrogens with one attached hydrogen (secondary N) is 1. The van der Waals surface area contributed by atoms with Crippen LogP contribution >= 0.6 is 0 Å². The van der Waals surface area contributed by atoms with Gasteiger partial charge in [-0.2, -0.15) is 0 Å². The number of hydrogen-bond donors (Lipinski definition) is 3. The molecule has 0 saturated carbocycles. The number of rotatable bonds is 7. The number of ketones is 1. The van der Waals surface area contributed by atoms with E-state index in [1.54, 1.807) is 43.4 Å². The summed E-state index contributed by atoms with van der Waals surface area (Å²) >= 11 is 0. The fourth-order valence-corrected chi connectivity index (χ4v) is 8.65. The number of carbonyl (C=O) groups excluding carboxylic acids is 3. The zero-order valence-corrected chi connectivity index (χ0v) is 39.4. The Bertz CT molecular complexity index is 2610. The normalized spacial score (nSPS) is 28.4. The largest absolute Gasteiger partial charge is 0.507 e. The number of likely N-dealkylation sites (N-methyl/N-ethyl adjacent to an activating group) is 1. The number of ether oxygens (including phenoxy) is 6. The maximum atomic E-state index is 14.8. The highest BCUT2D eigenvalue weighted by Crippen LogP contribution is 2.51. The number of fused-ring (bicyclic) bond motifs is 2. The van der Waals surface area contributed by atoms with E-state index in [0.717, 1.165) is 0 Å². The number of hydrogen-bond acceptors (Lipinski definition) is 15. The van der Waals surface area contributed by atoms with E-state index < -0.39 is 58.9 Å². The number of methoxy groups -OCH3 is 2. The molecule has 0 saturated heterocycles. The number of anilines is 1. The number of phenolic OH excluding ortho intramolecular Hbond substituents is 1. The molecule has 1 aliphatic carbocycles. The van der Waals surface area contributed by atoms with Crippen molar-refractivity contribution in [1.29, 1.82) is 0 Å². The van der Waals surface area contributed by atoms with Crippen molar-refractivity contribution in [3.63, 3.8) is 0 Å². The Labute approximate surface area is 378 Å². The lowest BCUT2D eigenvalue weighted by atomic mass is 9.73. The minimum Gasteiger partial charge on any atom is -0.507 e. The number of Topliss-reactive ketones (excluding diaryl/α,β-unsaturated/α-hetero) is 1. The van der Waals surface area contributed by atoms with Crippen LogP contribution in [0.3, 0.4) is 0 Å². The monoisotopic (exact) mass is 899 g/mol. The molecule has 350 valence electrons. The van der Waals surface area contributed by atoms with Crippen LogP contribution in [0, 0.1) is 36.5 Å². The third-order valence-electron chi connectivity index (χ3n) is 13.0. The highest BCUT2D eigenvalue weighted by molar-refractivity contribution is 6.22. The van der Waals surface area contributed by atoms with E-state index in [9.17, 15) is 29.4 Å². The van der Waals surface area contributed by atoms with Gasteiger partial charge in [0, 0.05) is 68.0 Å². The van der Waals surface area contributed by atoms with Crippen LogP contribution in [0.4, 0.5) is 5.69 Å². The summed E-state index contributed by atoms with van der Waals surface area (Å²) in [6.07, 6.45) is 5.66. The first-order valence-electron chi connectivity index (χ1n) is 21.7. The van der Waals surface area contributed by atoms with E-state index in [1.165, 1.54) is 41.3 Å². The summed E-state index contributed by atoms with van der Waals surface area (Å²) in [7, 11) is 6.77. The van der Waals surface area contributed by atoms with E-state index in [2.05, 4.69) is 5.32 Å². The fraction of sp³-hybridized carbons (Fsp3) is 0.490. The van der Waals surface area contributed by atoms with Crippen LogP contribution < -0.4 is 25.0 Å². The van der Waals surface area contributed by atoms with Crippen molar-refractivity contribution < 1.29 is 57.4 Å². The Balaban J connectivity index is 1.61. The summed E-state index contributed by atoms with van der Waals surface area (Å²) in [5.41, 5.74) is -0.788. The van der Waals surface area contributed by atoms with Crippen molar-refractivity contribution >= 4 is 45.2 Å². The van der Waals surface area contributed by atoms with Gasteiger partial charge in [0.25, 0.3) is 11.7 Å². The lowest BCUT2D eigenvalue weighted by Gasteiger charge is -2.39. The number of phenols is 1. The quantitative estimate of drug-likeness (QED) is 0.0955. The molecule has 6 rings (SSSR count). The van der Waals surface area contributed by atoms with Crippen LogP contribution in [-0.2, 0) is 23.8 Å². The second-order valence-corrected chi connectivity index (χ2v) is 17.7. The molecule has 0 radical (unpaired) electrons. The molecule has 16 heteroatoms. The molecule has 0 fully saturated rings. The Morgan fingerprint density at radius 1 is 0.985 bits per heavy atom. The molecule has 65 heavy (non-hydrogen) atoms. The van der Waals surface area contributed by atoms with Crippen LogP contribution in [0.1, 0.15) is 71.3 Å². The lowest BCUT2D eigenvalue weighted by Crippen LogP contribution is -2.43. The Morgan fingerprint density at radius 3 is 2.34 bits per heavy atom. The van der Waals surface area contributed by atoms with Gasteiger partial charge in [0.15, 0.2) is 17.1 Å². The SMILES string of the molecule is COc1cc(OCCN(C)C)cc2oc3c4c(=O)c5c(O)c(C)c6c(c5c-3nc12)C(=O)[C@@](C)(O/C=C/[C@H](OC)[C@@H](C)[C@@H](OC(C)=O)[C@H](C)[C@H](C)[C@H](C)[C@@H](O)[C@@H](C)/C=C/C=C(/C)C(=O)N4)O6. The number of amides is 1. The predicted octanol–water partition coefficient (Wildman–Crippen LogP) is 7.17. The molecule has 2 aromatic carbocycles. The van der Waals surface area contributed by atoms with Crippen molar-refractivity contribution in [1.82, 2.24) is 9.88 Å². The van der Waals surface area contributed by atoms with Gasteiger partial charge >= 0.3 is 11.8 Å². The van der Waals surface area contributed by atoms with Gasteiger partial charge in [0.2, 0.25) is 5.43 Å². The third-order valence-corrected chi connectivity index (χ3v) is 13.0. The van der Waals surface area contributed by atoms with E-state index in [-0.39, 0.29) is 90.9 Å². The van der Waals surface area contributed by atoms with Gasteiger partial charge in [-0.25, -0.2) is 4.98 Å². The van der Waals surface area contributed by atoms with E-state index in [4.69, 9.17) is 37.8 Å². The minimum absolute atomic E-state index is 0.0529. The number of nitrogens with zero attached hydrogens (tertiary/aromatic N) is 2. The van der Waals surface area contributed by atoms with Gasteiger partial charge in [-0.05, 0) is 51.8 Å². The van der Waals surface area contributed by atoms with Crippen molar-refractivity contribution in [2.24, 2.45) is 29.6 Å². The highest BCUT2D eigenvalue weighted by atomic mass is 16.7. The van der Waals surface area contributed by atoms with Crippen molar-refractivity contribution in [2.75, 3.05) is 46.8 Å². The molecule has 2 aromatic rings. The summed E-state index contributed by atoms with van der Waals surface area (Å²) in [4.78, 5) is 63.0. The molecule has 0 unspecified atom stereocenters. The summed E-state index contributed by atoms with van der Waals surface area (Å²) in [6.45, 7) is 16.4. The molecule has 16 nitrogen and oxygen atoms in total. The first-order chi connectivity index (χ1) is 30.6. The number of aromatic nitrogens is 1. The summed E-state index contributed by atoms with van der Waals surface area (Å²) < 4.78 is 42.5. The smallest absolute Gasteiger partial charge is 0.312 e. The third kappa shape index (κ3) is 9.29. The minimum atomic E-state index is -2.03. The second-order valence-electron chi connectivity index (χ2n) is 17.7. The first kappa shape index (κ1) is 48.5. The van der Waals surface area contributed by atoms with Crippen LogP contribution in [0.5, 0.6) is 23.0 Å². The maximum absolute atomic E-state index is 14.8. The van der Waals surface area contributed by atoms with Crippen LogP contribution in [0.25, 0.3) is 33.3 Å². The summed E-state index contributed by atoms with van der Waals surface area (Å²) in [5.74, 6) is -5.51. The molecule has 0 spiro atoms. The standard InChI is InChI=1S/C49H61N3O13/c1-23-15-14-16-24(2)48(58)51-40-43(56)36-35(39-46(40)64-34-22-31(61-20-18-52(10)11)21-33(60-13)38(34)50-39)37-45(29(7)42(36)55)65-49(9,47(37)57)62-19-17-32(59-12)28(6)44(63-30(8)53)27(5)25(3)26(4)41(23)54/h14-17,19,21-23,25-28,32,41,44,54-55H,18,20H2,1-13H3,(H,51,58)/b15-14+,19-17+,24-16-/t23-,25+,26-,27+,28+,32-,41-,44-,49-/m0/s1. The van der Waals surface area contributed by atoms with Crippen LogP contribution in [0.2, 0.25) is 0 Å². The van der Waals surface area contributed by atoms with E-state index in [1.807, 2.05) is 53.6 Å². The van der Waals surface area contributed by atoms with Crippen molar-refractivity contribution in [3.8, 4) is 34.5 Å². The Hall–Kier alpha value is -5.97. The van der Waals surface area contributed by atoms with E-state index >= 15 is 0 Å². The highest BCUT2D eigenvalue weighted by Gasteiger charge is 2.50. The Morgan fingerprint density at radius 2 is 1.69 bits per heavy atom.